The van der Waals surface area contributed by atoms with Gasteiger partial charge in [-0.05, 0) is 55.5 Å². The Morgan fingerprint density at radius 2 is 1.96 bits per heavy atom. The lowest BCUT2D eigenvalue weighted by Crippen LogP contribution is -2.37. The van der Waals surface area contributed by atoms with E-state index in [9.17, 15) is 18.8 Å². The van der Waals surface area contributed by atoms with Crippen molar-refractivity contribution in [3.63, 3.8) is 0 Å². The molecule has 3 rings (SSSR count). The molecule has 1 aliphatic heterocycles. The van der Waals surface area contributed by atoms with Crippen molar-refractivity contribution in [1.29, 1.82) is 0 Å². The van der Waals surface area contributed by atoms with Crippen molar-refractivity contribution in [3.05, 3.63) is 51.6 Å². The summed E-state index contributed by atoms with van der Waals surface area (Å²) in [4.78, 5) is 41.7. The van der Waals surface area contributed by atoms with Gasteiger partial charge in [0, 0.05) is 24.8 Å². The number of fused-ring (bicyclic) bond motifs is 1. The SMILES string of the molecule is COC(=O)c1c(CC(=O)N2CCCc3cc(F)cc(C)c32)[nH]c(C(C)=O)c1C. The number of nitrogens with one attached hydrogen (secondary N) is 1. The summed E-state index contributed by atoms with van der Waals surface area (Å²) in [6.07, 6.45) is 1.35. The van der Waals surface area contributed by atoms with Crippen molar-refractivity contribution >= 4 is 23.3 Å². The third-order valence-electron chi connectivity index (χ3n) is 5.14. The van der Waals surface area contributed by atoms with E-state index in [0.29, 0.717) is 35.5 Å². The molecule has 0 spiro atoms. The minimum Gasteiger partial charge on any atom is -0.465 e. The summed E-state index contributed by atoms with van der Waals surface area (Å²) in [6, 6.07) is 2.88. The lowest BCUT2D eigenvalue weighted by atomic mass is 9.97. The van der Waals surface area contributed by atoms with Gasteiger partial charge < -0.3 is 14.6 Å². The van der Waals surface area contributed by atoms with Gasteiger partial charge in [0.1, 0.15) is 5.82 Å². The summed E-state index contributed by atoms with van der Waals surface area (Å²) in [5, 5.41) is 0. The topological polar surface area (TPSA) is 79.5 Å². The van der Waals surface area contributed by atoms with Gasteiger partial charge in [0.15, 0.2) is 5.78 Å². The number of methoxy groups -OCH3 is 1. The number of hydrogen-bond acceptors (Lipinski definition) is 4. The summed E-state index contributed by atoms with van der Waals surface area (Å²) in [5.41, 5.74) is 3.56. The number of H-pyrrole nitrogens is 1. The Bertz CT molecular complexity index is 977. The molecule has 1 aromatic carbocycles. The molecule has 148 valence electrons. The van der Waals surface area contributed by atoms with Gasteiger partial charge in [0.05, 0.1) is 24.8 Å². The zero-order chi connectivity index (χ0) is 20.6. The van der Waals surface area contributed by atoms with Crippen LogP contribution < -0.4 is 4.90 Å². The predicted octanol–water partition coefficient (Wildman–Crippen LogP) is 3.28. The van der Waals surface area contributed by atoms with E-state index in [1.54, 1.807) is 18.7 Å². The number of benzene rings is 1. The van der Waals surface area contributed by atoms with Crippen molar-refractivity contribution in [2.24, 2.45) is 0 Å². The van der Waals surface area contributed by atoms with Crippen LogP contribution in [0.4, 0.5) is 10.1 Å². The molecule has 0 fully saturated rings. The van der Waals surface area contributed by atoms with Crippen LogP contribution >= 0.6 is 0 Å². The van der Waals surface area contributed by atoms with Crippen LogP contribution in [0.2, 0.25) is 0 Å². The van der Waals surface area contributed by atoms with Crippen LogP contribution in [0, 0.1) is 19.7 Å². The van der Waals surface area contributed by atoms with Gasteiger partial charge in [-0.1, -0.05) is 0 Å². The smallest absolute Gasteiger partial charge is 0.339 e. The molecule has 6 nitrogen and oxygen atoms in total. The fourth-order valence-corrected chi connectivity index (χ4v) is 3.94. The number of Topliss-reactive ketones (excluding diaryl/α,β-unsaturated/α-hetero) is 1. The normalized spacial score (nSPS) is 13.2. The number of carbonyl (C=O) groups excluding carboxylic acids is 3. The average molecular weight is 386 g/mol. The van der Waals surface area contributed by atoms with E-state index in [1.807, 2.05) is 0 Å². The Balaban J connectivity index is 1.98. The number of aromatic nitrogens is 1. The fraction of sp³-hybridized carbons (Fsp3) is 0.381. The summed E-state index contributed by atoms with van der Waals surface area (Å²) >= 11 is 0. The van der Waals surface area contributed by atoms with Gasteiger partial charge in [-0.2, -0.15) is 0 Å². The van der Waals surface area contributed by atoms with Crippen LogP contribution in [0.1, 0.15) is 56.6 Å². The minimum atomic E-state index is -0.596. The first-order chi connectivity index (χ1) is 13.2. The van der Waals surface area contributed by atoms with E-state index in [0.717, 1.165) is 17.7 Å². The molecule has 0 radical (unpaired) electrons. The van der Waals surface area contributed by atoms with Crippen LogP contribution in [0.5, 0.6) is 0 Å². The molecule has 0 saturated carbocycles. The van der Waals surface area contributed by atoms with Gasteiger partial charge in [-0.3, -0.25) is 9.59 Å². The third kappa shape index (κ3) is 3.44. The second kappa shape index (κ2) is 7.58. The molecule has 0 saturated heterocycles. The van der Waals surface area contributed by atoms with E-state index in [2.05, 4.69) is 4.98 Å². The number of nitrogens with zero attached hydrogens (tertiary/aromatic N) is 1. The molecule has 1 N–H and O–H groups in total. The Hall–Kier alpha value is -2.96. The lowest BCUT2D eigenvalue weighted by Gasteiger charge is -2.31. The minimum absolute atomic E-state index is 0.0885. The highest BCUT2D eigenvalue weighted by molar-refractivity contribution is 6.03. The number of carbonyl (C=O) groups is 3. The zero-order valence-corrected chi connectivity index (χ0v) is 16.4. The Labute approximate surface area is 162 Å². The summed E-state index contributed by atoms with van der Waals surface area (Å²) < 4.78 is 18.6. The van der Waals surface area contributed by atoms with E-state index >= 15 is 0 Å². The number of anilines is 1. The number of rotatable bonds is 4. The average Bonchev–Trinajstić information content (AvgIpc) is 2.96. The molecule has 0 unspecified atom stereocenters. The van der Waals surface area contributed by atoms with Crippen LogP contribution in [-0.4, -0.2) is 36.3 Å². The van der Waals surface area contributed by atoms with Gasteiger partial charge in [0.25, 0.3) is 0 Å². The predicted molar refractivity (Wildman–Crippen MR) is 102 cm³/mol. The van der Waals surface area contributed by atoms with Gasteiger partial charge in [-0.25, -0.2) is 9.18 Å². The standard InChI is InChI=1S/C21H23FN2O4/c1-11-8-15(22)9-14-6-5-7-24(20(11)14)17(26)10-16-18(21(27)28-4)12(2)19(23-16)13(3)25/h8-9,23H,5-7,10H2,1-4H3. The fourth-order valence-electron chi connectivity index (χ4n) is 3.94. The summed E-state index contributed by atoms with van der Waals surface area (Å²) in [7, 11) is 1.26. The molecule has 1 amide bonds. The highest BCUT2D eigenvalue weighted by Crippen LogP contribution is 2.32. The third-order valence-corrected chi connectivity index (χ3v) is 5.14. The van der Waals surface area contributed by atoms with Crippen LogP contribution in [0.25, 0.3) is 0 Å². The largest absolute Gasteiger partial charge is 0.465 e. The number of esters is 1. The van der Waals surface area contributed by atoms with Crippen LogP contribution in [-0.2, 0) is 22.4 Å². The van der Waals surface area contributed by atoms with Crippen molar-refractivity contribution < 1.29 is 23.5 Å². The van der Waals surface area contributed by atoms with Gasteiger partial charge in [-0.15, -0.1) is 0 Å². The number of ether oxygens (including phenoxy) is 1. The molecule has 28 heavy (non-hydrogen) atoms. The molecular weight excluding hydrogens is 363 g/mol. The molecule has 2 aromatic rings. The van der Waals surface area contributed by atoms with Crippen molar-refractivity contribution in [1.82, 2.24) is 4.98 Å². The maximum absolute atomic E-state index is 13.7. The number of ketones is 1. The van der Waals surface area contributed by atoms with E-state index in [1.165, 1.54) is 26.2 Å². The van der Waals surface area contributed by atoms with E-state index in [4.69, 9.17) is 4.74 Å². The highest BCUT2D eigenvalue weighted by Gasteiger charge is 2.29. The number of aryl methyl sites for hydroxylation is 2. The molecule has 0 aliphatic carbocycles. The second-order valence-electron chi connectivity index (χ2n) is 7.08. The number of amides is 1. The summed E-state index contributed by atoms with van der Waals surface area (Å²) in [6.45, 7) is 5.34. The number of hydrogen-bond donors (Lipinski definition) is 1. The van der Waals surface area contributed by atoms with Crippen LogP contribution in [0.15, 0.2) is 12.1 Å². The first kappa shape index (κ1) is 19.8. The Kier molecular flexibility index (Phi) is 5.36. The first-order valence-electron chi connectivity index (χ1n) is 9.14. The van der Waals surface area contributed by atoms with Crippen molar-refractivity contribution in [2.45, 2.75) is 40.0 Å². The lowest BCUT2D eigenvalue weighted by molar-refractivity contribution is -0.118. The van der Waals surface area contributed by atoms with Crippen LogP contribution in [0.3, 0.4) is 0 Å². The Morgan fingerprint density at radius 3 is 2.61 bits per heavy atom. The van der Waals surface area contributed by atoms with Gasteiger partial charge in [0.2, 0.25) is 5.91 Å². The summed E-state index contributed by atoms with van der Waals surface area (Å²) in [5.74, 6) is -1.36. The quantitative estimate of drug-likeness (QED) is 0.646. The van der Waals surface area contributed by atoms with Crippen molar-refractivity contribution in [2.75, 3.05) is 18.6 Å². The molecule has 1 aromatic heterocycles. The number of halogens is 1. The van der Waals surface area contributed by atoms with Gasteiger partial charge >= 0.3 is 5.97 Å². The van der Waals surface area contributed by atoms with Crippen molar-refractivity contribution in [3.8, 4) is 0 Å². The van der Waals surface area contributed by atoms with E-state index in [-0.39, 0.29) is 29.5 Å². The maximum Gasteiger partial charge on any atom is 0.339 e. The second-order valence-corrected chi connectivity index (χ2v) is 7.08. The van der Waals surface area contributed by atoms with E-state index < -0.39 is 5.97 Å². The Morgan fingerprint density at radius 1 is 1.25 bits per heavy atom. The molecule has 1 aliphatic rings. The number of aromatic amines is 1. The molecule has 7 heteroatoms. The zero-order valence-electron chi connectivity index (χ0n) is 16.4. The molecule has 2 heterocycles. The first-order valence-corrected chi connectivity index (χ1v) is 9.14. The molecule has 0 atom stereocenters. The molecule has 0 bridgehead atoms. The monoisotopic (exact) mass is 386 g/mol. The highest BCUT2D eigenvalue weighted by atomic mass is 19.1. The maximum atomic E-state index is 13.7. The molecular formula is C21H23FN2O4.